The van der Waals surface area contributed by atoms with Gasteiger partial charge in [-0.2, -0.15) is 0 Å². The van der Waals surface area contributed by atoms with Crippen LogP contribution in [0.1, 0.15) is 39.1 Å². The van der Waals surface area contributed by atoms with Crippen molar-refractivity contribution in [3.05, 3.63) is 70.7 Å². The average molecular weight is 350 g/mol. The monoisotopic (exact) mass is 350 g/mol. The molecule has 6 nitrogen and oxygen atoms in total. The van der Waals surface area contributed by atoms with E-state index in [0.717, 1.165) is 23.8 Å². The Morgan fingerprint density at radius 3 is 2.65 bits per heavy atom. The number of hydrogen-bond acceptors (Lipinski definition) is 4. The molecule has 3 aromatic rings. The second kappa shape index (κ2) is 6.78. The largest absolute Gasteiger partial charge is 0.466 e. The molecule has 1 aromatic carbocycles. The fourth-order valence-electron chi connectivity index (χ4n) is 3.51. The number of rotatable bonds is 3. The van der Waals surface area contributed by atoms with Crippen molar-refractivity contribution in [1.29, 1.82) is 0 Å². The summed E-state index contributed by atoms with van der Waals surface area (Å²) < 4.78 is 7.68. The van der Waals surface area contributed by atoms with E-state index < -0.39 is 0 Å². The first-order valence-corrected chi connectivity index (χ1v) is 8.93. The first kappa shape index (κ1) is 16.6. The Morgan fingerprint density at radius 1 is 1.12 bits per heavy atom. The van der Waals surface area contributed by atoms with E-state index in [4.69, 9.17) is 4.42 Å². The lowest BCUT2D eigenvalue weighted by molar-refractivity contribution is 0.0757. The molecular formula is C20H22N4O2. The number of aryl methyl sites for hydroxylation is 2. The van der Waals surface area contributed by atoms with Gasteiger partial charge >= 0.3 is 0 Å². The predicted molar refractivity (Wildman–Crippen MR) is 97.1 cm³/mol. The van der Waals surface area contributed by atoms with Crippen molar-refractivity contribution in [3.8, 4) is 0 Å². The van der Waals surface area contributed by atoms with Gasteiger partial charge in [0.05, 0.1) is 5.56 Å². The quantitative estimate of drug-likeness (QED) is 0.729. The zero-order valence-corrected chi connectivity index (χ0v) is 15.1. The van der Waals surface area contributed by atoms with Gasteiger partial charge in [0.15, 0.2) is 0 Å². The molecule has 6 heteroatoms. The van der Waals surface area contributed by atoms with E-state index in [1.165, 1.54) is 5.56 Å². The van der Waals surface area contributed by atoms with Gasteiger partial charge in [-0.15, -0.1) is 10.2 Å². The number of carbonyl (C=O) groups is 1. The van der Waals surface area contributed by atoms with Crippen LogP contribution >= 0.6 is 0 Å². The van der Waals surface area contributed by atoms with Crippen LogP contribution in [-0.4, -0.2) is 38.7 Å². The summed E-state index contributed by atoms with van der Waals surface area (Å²) in [4.78, 5) is 14.7. The number of furan rings is 1. The van der Waals surface area contributed by atoms with Gasteiger partial charge in [0.2, 0.25) is 0 Å². The first-order valence-electron chi connectivity index (χ1n) is 8.93. The summed E-state index contributed by atoms with van der Waals surface area (Å²) in [6.07, 6.45) is 1.46. The minimum atomic E-state index is 0.0303. The maximum Gasteiger partial charge on any atom is 0.257 e. The average Bonchev–Trinajstić information content (AvgIpc) is 3.09. The molecule has 0 fully saturated rings. The van der Waals surface area contributed by atoms with Gasteiger partial charge in [-0.1, -0.05) is 30.3 Å². The molecule has 0 aliphatic carbocycles. The third kappa shape index (κ3) is 3.14. The summed E-state index contributed by atoms with van der Waals surface area (Å²) in [5.41, 5.74) is 1.87. The zero-order chi connectivity index (χ0) is 18.1. The van der Waals surface area contributed by atoms with E-state index in [-0.39, 0.29) is 5.91 Å². The van der Waals surface area contributed by atoms with Crippen molar-refractivity contribution in [2.45, 2.75) is 33.2 Å². The molecule has 134 valence electrons. The Hall–Kier alpha value is -2.89. The molecule has 0 spiro atoms. The topological polar surface area (TPSA) is 64.2 Å². The molecule has 2 aromatic heterocycles. The Bertz CT molecular complexity index is 927. The van der Waals surface area contributed by atoms with Crippen molar-refractivity contribution in [1.82, 2.24) is 19.7 Å². The van der Waals surface area contributed by atoms with E-state index in [9.17, 15) is 4.79 Å². The second-order valence-corrected chi connectivity index (χ2v) is 6.72. The van der Waals surface area contributed by atoms with Gasteiger partial charge in [-0.05, 0) is 25.5 Å². The van der Waals surface area contributed by atoms with Crippen LogP contribution < -0.4 is 0 Å². The smallest absolute Gasteiger partial charge is 0.257 e. The van der Waals surface area contributed by atoms with Gasteiger partial charge < -0.3 is 13.9 Å². The number of aromatic nitrogens is 3. The lowest BCUT2D eigenvalue weighted by Crippen LogP contribution is -2.34. The van der Waals surface area contributed by atoms with Crippen LogP contribution in [0.3, 0.4) is 0 Å². The maximum atomic E-state index is 12.9. The van der Waals surface area contributed by atoms with Crippen LogP contribution in [0.25, 0.3) is 0 Å². The third-order valence-corrected chi connectivity index (χ3v) is 4.87. The summed E-state index contributed by atoms with van der Waals surface area (Å²) >= 11 is 0. The van der Waals surface area contributed by atoms with Crippen LogP contribution in [0.4, 0.5) is 0 Å². The van der Waals surface area contributed by atoms with E-state index >= 15 is 0 Å². The fraction of sp³-hybridized carbons (Fsp3) is 0.350. The Balaban J connectivity index is 1.51. The highest BCUT2D eigenvalue weighted by Crippen LogP contribution is 2.19. The molecule has 1 aliphatic rings. The van der Waals surface area contributed by atoms with Crippen molar-refractivity contribution in [3.63, 3.8) is 0 Å². The fourth-order valence-corrected chi connectivity index (χ4v) is 3.51. The maximum absolute atomic E-state index is 12.9. The van der Waals surface area contributed by atoms with Gasteiger partial charge in [0, 0.05) is 32.5 Å². The normalized spacial score (nSPS) is 14.2. The molecular weight excluding hydrogens is 328 g/mol. The third-order valence-electron chi connectivity index (χ3n) is 4.87. The van der Waals surface area contributed by atoms with Crippen molar-refractivity contribution in [2.24, 2.45) is 0 Å². The second-order valence-electron chi connectivity index (χ2n) is 6.72. The van der Waals surface area contributed by atoms with Crippen molar-refractivity contribution < 1.29 is 9.21 Å². The molecule has 1 aliphatic heterocycles. The van der Waals surface area contributed by atoms with E-state index in [2.05, 4.69) is 26.9 Å². The minimum Gasteiger partial charge on any atom is -0.466 e. The number of fused-ring (bicyclic) bond motifs is 1. The first-order chi connectivity index (χ1) is 12.6. The summed E-state index contributed by atoms with van der Waals surface area (Å²) in [5.74, 6) is 3.38. The molecule has 26 heavy (non-hydrogen) atoms. The molecule has 0 saturated heterocycles. The lowest BCUT2D eigenvalue weighted by atomic mass is 10.1. The summed E-state index contributed by atoms with van der Waals surface area (Å²) in [7, 11) is 0. The zero-order valence-electron chi connectivity index (χ0n) is 15.1. The van der Waals surface area contributed by atoms with Gasteiger partial charge in [-0.3, -0.25) is 4.79 Å². The van der Waals surface area contributed by atoms with Gasteiger partial charge in [0.25, 0.3) is 5.91 Å². The summed E-state index contributed by atoms with van der Waals surface area (Å²) in [6, 6.07) is 12.1. The molecule has 0 unspecified atom stereocenters. The van der Waals surface area contributed by atoms with Crippen LogP contribution in [0, 0.1) is 13.8 Å². The molecule has 1 amide bonds. The number of benzene rings is 1. The van der Waals surface area contributed by atoms with Crippen molar-refractivity contribution in [2.75, 3.05) is 13.1 Å². The Morgan fingerprint density at radius 2 is 1.92 bits per heavy atom. The van der Waals surface area contributed by atoms with Gasteiger partial charge in [-0.25, -0.2) is 0 Å². The van der Waals surface area contributed by atoms with Crippen LogP contribution in [0.5, 0.6) is 0 Å². The molecule has 0 bridgehead atoms. The Kier molecular flexibility index (Phi) is 4.32. The molecule has 0 atom stereocenters. The van der Waals surface area contributed by atoms with Crippen LogP contribution in [-0.2, 0) is 19.4 Å². The highest BCUT2D eigenvalue weighted by molar-refractivity contribution is 5.95. The summed E-state index contributed by atoms with van der Waals surface area (Å²) in [5, 5.41) is 8.73. The SMILES string of the molecule is Cc1cc(C(=O)N2CCc3nnc(Cc4ccccc4)n3CC2)c(C)o1. The standard InChI is InChI=1S/C20H22N4O2/c1-14-12-17(15(2)26-14)20(25)23-9-8-18-21-22-19(24(18)11-10-23)13-16-6-4-3-5-7-16/h3-7,12H,8-11,13H2,1-2H3. The van der Waals surface area contributed by atoms with Gasteiger partial charge in [0.1, 0.15) is 23.2 Å². The van der Waals surface area contributed by atoms with E-state index in [0.29, 0.717) is 37.4 Å². The molecule has 0 radical (unpaired) electrons. The minimum absolute atomic E-state index is 0.0303. The predicted octanol–water partition coefficient (Wildman–Crippen LogP) is 2.78. The van der Waals surface area contributed by atoms with Crippen LogP contribution in [0.15, 0.2) is 40.8 Å². The highest BCUT2D eigenvalue weighted by Gasteiger charge is 2.24. The molecule has 0 N–H and O–H groups in total. The lowest BCUT2D eigenvalue weighted by Gasteiger charge is -2.19. The summed E-state index contributed by atoms with van der Waals surface area (Å²) in [6.45, 7) is 5.71. The molecule has 0 saturated carbocycles. The van der Waals surface area contributed by atoms with E-state index in [1.807, 2.05) is 43.0 Å². The molecule has 4 rings (SSSR count). The Labute approximate surface area is 152 Å². The molecule has 3 heterocycles. The number of carbonyl (C=O) groups excluding carboxylic acids is 1. The number of amides is 1. The highest BCUT2D eigenvalue weighted by atomic mass is 16.3. The van der Waals surface area contributed by atoms with Crippen molar-refractivity contribution >= 4 is 5.91 Å². The number of nitrogens with zero attached hydrogens (tertiary/aromatic N) is 4. The van der Waals surface area contributed by atoms with E-state index in [1.54, 1.807) is 0 Å². The number of hydrogen-bond donors (Lipinski definition) is 0. The van der Waals surface area contributed by atoms with Crippen LogP contribution in [0.2, 0.25) is 0 Å².